The number of benzene rings is 3. The molecule has 0 saturated carbocycles. The van der Waals surface area contributed by atoms with Crippen molar-refractivity contribution in [2.24, 2.45) is 5.10 Å². The molecule has 32 heavy (non-hydrogen) atoms. The fraction of sp³-hybridized carbons (Fsp3) is 0.167. The highest BCUT2D eigenvalue weighted by Crippen LogP contribution is 2.24. The number of aryl methyl sites for hydroxylation is 1. The van der Waals surface area contributed by atoms with E-state index in [9.17, 15) is 13.2 Å². The van der Waals surface area contributed by atoms with Gasteiger partial charge in [0, 0.05) is 11.1 Å². The van der Waals surface area contributed by atoms with Gasteiger partial charge in [-0.25, -0.2) is 13.8 Å². The molecule has 164 valence electrons. The number of carbonyl (C=O) groups excluding carboxylic acids is 1. The minimum atomic E-state index is -3.92. The number of amides is 1. The van der Waals surface area contributed by atoms with Gasteiger partial charge in [0.15, 0.2) is 0 Å². The van der Waals surface area contributed by atoms with Crippen LogP contribution in [0.4, 0.5) is 5.69 Å². The van der Waals surface area contributed by atoms with Gasteiger partial charge in [-0.2, -0.15) is 5.10 Å². The monoisotopic (exact) mass is 467 g/mol. The van der Waals surface area contributed by atoms with Crippen LogP contribution in [0.15, 0.2) is 82.8 Å². The summed E-state index contributed by atoms with van der Waals surface area (Å²) in [6.07, 6.45) is 3.82. The number of sulfonamides is 1. The number of nitrogens with zero attached hydrogens (tertiary/aromatic N) is 1. The molecule has 0 spiro atoms. The zero-order valence-electron chi connectivity index (χ0n) is 17.2. The topological polar surface area (TPSA) is 87.6 Å². The summed E-state index contributed by atoms with van der Waals surface area (Å²) in [5, 5.41) is 4.65. The minimum absolute atomic E-state index is 0.0439. The summed E-state index contributed by atoms with van der Waals surface area (Å²) in [4.78, 5) is 12.7. The summed E-state index contributed by atoms with van der Waals surface area (Å²) < 4.78 is 28.0. The Morgan fingerprint density at radius 3 is 2.50 bits per heavy atom. The smallest absolute Gasteiger partial charge is 0.271 e. The second-order valence-electron chi connectivity index (χ2n) is 7.48. The van der Waals surface area contributed by atoms with Gasteiger partial charge in [-0.3, -0.25) is 9.52 Å². The van der Waals surface area contributed by atoms with Gasteiger partial charge in [0.05, 0.1) is 21.3 Å². The summed E-state index contributed by atoms with van der Waals surface area (Å²) in [6, 6.07) is 20.4. The molecule has 4 rings (SSSR count). The minimum Gasteiger partial charge on any atom is -0.278 e. The van der Waals surface area contributed by atoms with Gasteiger partial charge in [0.25, 0.3) is 15.9 Å². The van der Waals surface area contributed by atoms with Crippen LogP contribution in [0.1, 0.15) is 40.7 Å². The predicted molar refractivity (Wildman–Crippen MR) is 127 cm³/mol. The fourth-order valence-electron chi connectivity index (χ4n) is 3.61. The van der Waals surface area contributed by atoms with E-state index in [4.69, 9.17) is 11.6 Å². The molecule has 1 amide bonds. The van der Waals surface area contributed by atoms with Crippen molar-refractivity contribution in [2.75, 3.05) is 4.72 Å². The Labute approximate surface area is 192 Å². The molecule has 0 aliphatic heterocycles. The lowest BCUT2D eigenvalue weighted by molar-refractivity contribution is 0.0954. The number of para-hydroxylation sites is 1. The number of anilines is 1. The molecule has 6 nitrogen and oxygen atoms in total. The highest BCUT2D eigenvalue weighted by molar-refractivity contribution is 7.92. The molecule has 0 atom stereocenters. The van der Waals surface area contributed by atoms with Gasteiger partial charge in [-0.05, 0) is 61.6 Å². The Morgan fingerprint density at radius 1 is 0.906 bits per heavy atom. The van der Waals surface area contributed by atoms with Gasteiger partial charge < -0.3 is 0 Å². The molecule has 1 aliphatic carbocycles. The fourth-order valence-corrected chi connectivity index (χ4v) is 4.98. The van der Waals surface area contributed by atoms with Crippen LogP contribution >= 0.6 is 11.6 Å². The van der Waals surface area contributed by atoms with Crippen molar-refractivity contribution in [3.05, 3.63) is 94.5 Å². The van der Waals surface area contributed by atoms with Gasteiger partial charge in [0.1, 0.15) is 0 Å². The Kier molecular flexibility index (Phi) is 6.58. The van der Waals surface area contributed by atoms with Crippen molar-refractivity contribution in [3.8, 4) is 0 Å². The molecule has 1 aliphatic rings. The molecule has 3 aromatic carbocycles. The number of hydrazone groups is 1. The lowest BCUT2D eigenvalue weighted by Gasteiger charge is -2.11. The van der Waals surface area contributed by atoms with E-state index >= 15 is 0 Å². The van der Waals surface area contributed by atoms with Crippen molar-refractivity contribution in [1.82, 2.24) is 5.43 Å². The van der Waals surface area contributed by atoms with Gasteiger partial charge in [0.2, 0.25) is 0 Å². The molecular weight excluding hydrogens is 446 g/mol. The average Bonchev–Trinajstić information content (AvgIpc) is 3.01. The lowest BCUT2D eigenvalue weighted by Crippen LogP contribution is -2.21. The van der Waals surface area contributed by atoms with Crippen molar-refractivity contribution in [3.63, 3.8) is 0 Å². The van der Waals surface area contributed by atoms with Crippen LogP contribution in [0.3, 0.4) is 0 Å². The summed E-state index contributed by atoms with van der Waals surface area (Å²) in [5.41, 5.74) is 6.14. The predicted octanol–water partition coefficient (Wildman–Crippen LogP) is 5.00. The van der Waals surface area contributed by atoms with E-state index in [1.54, 1.807) is 30.3 Å². The molecule has 3 aromatic rings. The molecular formula is C24H22ClN3O3S. The van der Waals surface area contributed by atoms with Crippen molar-refractivity contribution < 1.29 is 13.2 Å². The Bertz CT molecular complexity index is 1290. The normalized spacial score (nSPS) is 15.0. The van der Waals surface area contributed by atoms with E-state index in [2.05, 4.69) is 21.3 Å². The van der Waals surface area contributed by atoms with Crippen LogP contribution < -0.4 is 10.1 Å². The molecule has 0 radical (unpaired) electrons. The van der Waals surface area contributed by atoms with E-state index in [1.807, 2.05) is 18.2 Å². The van der Waals surface area contributed by atoms with Gasteiger partial charge >= 0.3 is 0 Å². The maximum absolute atomic E-state index is 12.8. The van der Waals surface area contributed by atoms with Crippen molar-refractivity contribution in [2.45, 2.75) is 30.6 Å². The Morgan fingerprint density at radius 2 is 1.66 bits per heavy atom. The molecule has 0 unspecified atom stereocenters. The average molecular weight is 468 g/mol. The third-order valence-corrected chi connectivity index (χ3v) is 6.95. The molecule has 0 saturated heterocycles. The number of halogens is 1. The molecule has 0 heterocycles. The second-order valence-corrected chi connectivity index (χ2v) is 9.57. The molecule has 0 aromatic heterocycles. The van der Waals surface area contributed by atoms with E-state index < -0.39 is 15.9 Å². The number of carbonyl (C=O) groups is 1. The lowest BCUT2D eigenvalue weighted by atomic mass is 10.0. The molecule has 8 heteroatoms. The van der Waals surface area contributed by atoms with Crippen LogP contribution in [0.5, 0.6) is 0 Å². The maximum atomic E-state index is 12.8. The molecule has 2 N–H and O–H groups in total. The van der Waals surface area contributed by atoms with E-state index in [0.29, 0.717) is 0 Å². The zero-order chi connectivity index (χ0) is 22.6. The first kappa shape index (κ1) is 22.0. The molecule has 0 bridgehead atoms. The first-order chi connectivity index (χ1) is 15.4. The standard InChI is InChI=1S/C24H22ClN3O3S/c25-21-13-4-6-15-23(21)28-32(30,31)19-11-7-10-18(16-19)24(29)27-26-22-14-5-2-9-17-8-1-3-12-20(17)22/h1,3-4,6-8,10-13,15-16,28H,2,5,9,14H2,(H,27,29)/b26-22+. The maximum Gasteiger partial charge on any atom is 0.271 e. The third kappa shape index (κ3) is 5.00. The van der Waals surface area contributed by atoms with Crippen LogP contribution in [0.2, 0.25) is 5.02 Å². The molecule has 0 fully saturated rings. The highest BCUT2D eigenvalue weighted by Gasteiger charge is 2.18. The third-order valence-electron chi connectivity index (χ3n) is 5.26. The largest absolute Gasteiger partial charge is 0.278 e. The quantitative estimate of drug-likeness (QED) is 0.408. The van der Waals surface area contributed by atoms with Gasteiger partial charge in [-0.15, -0.1) is 0 Å². The summed E-state index contributed by atoms with van der Waals surface area (Å²) in [7, 11) is -3.92. The van der Waals surface area contributed by atoms with Crippen molar-refractivity contribution in [1.29, 1.82) is 0 Å². The zero-order valence-corrected chi connectivity index (χ0v) is 18.8. The van der Waals surface area contributed by atoms with Gasteiger partial charge in [-0.1, -0.05) is 54.1 Å². The van der Waals surface area contributed by atoms with E-state index in [0.717, 1.165) is 37.0 Å². The van der Waals surface area contributed by atoms with E-state index in [1.165, 1.54) is 23.8 Å². The first-order valence-corrected chi connectivity index (χ1v) is 12.1. The van der Waals surface area contributed by atoms with Crippen molar-refractivity contribution >= 4 is 38.9 Å². The second kappa shape index (κ2) is 9.54. The summed E-state index contributed by atoms with van der Waals surface area (Å²) in [6.45, 7) is 0. The SMILES string of the molecule is O=C(N/N=C1\CCCCc2ccccc21)c1cccc(S(=O)(=O)Nc2ccccc2Cl)c1. The van der Waals surface area contributed by atoms with Crippen LogP contribution in [0.25, 0.3) is 0 Å². The number of fused-ring (bicyclic) bond motifs is 1. The summed E-state index contributed by atoms with van der Waals surface area (Å²) in [5.74, 6) is -0.478. The van der Waals surface area contributed by atoms with Crippen LogP contribution in [-0.2, 0) is 16.4 Å². The Hall–Kier alpha value is -3.16. The highest BCUT2D eigenvalue weighted by atomic mass is 35.5. The summed E-state index contributed by atoms with van der Waals surface area (Å²) >= 11 is 6.06. The number of nitrogens with one attached hydrogen (secondary N) is 2. The van der Waals surface area contributed by atoms with Crippen LogP contribution in [0, 0.1) is 0 Å². The Balaban J connectivity index is 1.54. The van der Waals surface area contributed by atoms with Crippen LogP contribution in [-0.4, -0.2) is 20.0 Å². The number of hydrogen-bond donors (Lipinski definition) is 2. The number of hydrogen-bond acceptors (Lipinski definition) is 4. The number of rotatable bonds is 5. The first-order valence-electron chi connectivity index (χ1n) is 10.3. The van der Waals surface area contributed by atoms with E-state index in [-0.39, 0.29) is 21.2 Å².